The lowest BCUT2D eigenvalue weighted by atomic mass is 10.1. The van der Waals surface area contributed by atoms with Crippen LogP contribution in [0.1, 0.15) is 36.3 Å². The first-order valence-corrected chi connectivity index (χ1v) is 8.13. The van der Waals surface area contributed by atoms with Crippen LogP contribution in [-0.2, 0) is 22.4 Å². The number of carbonyl (C=O) groups excluding carboxylic acids is 3. The maximum atomic E-state index is 12.2. The van der Waals surface area contributed by atoms with Crippen LogP contribution in [0.25, 0.3) is 0 Å². The molecular formula is C15H16N4O3S. The summed E-state index contributed by atoms with van der Waals surface area (Å²) >= 11 is 1.40. The van der Waals surface area contributed by atoms with Gasteiger partial charge in [-0.3, -0.25) is 14.5 Å². The van der Waals surface area contributed by atoms with Crippen molar-refractivity contribution in [1.82, 2.24) is 10.2 Å². The summed E-state index contributed by atoms with van der Waals surface area (Å²) in [6, 6.07) is 1.56. The standard InChI is InChI=1S/C15H16N4O3S/c1-15(2)13(21)19(14(22)18-15)7-11(20)17-12-9(6-16)8-4-3-5-10(8)23-12/h3-5,7H2,1-2H3,(H,17,20)(H,18,22). The molecule has 1 aliphatic carbocycles. The molecule has 0 radical (unpaired) electrons. The van der Waals surface area contributed by atoms with Crippen molar-refractivity contribution in [3.05, 3.63) is 16.0 Å². The molecule has 7 nitrogen and oxygen atoms in total. The number of fused-ring (bicyclic) bond motifs is 1. The zero-order valence-corrected chi connectivity index (χ0v) is 13.7. The molecule has 2 heterocycles. The van der Waals surface area contributed by atoms with Gasteiger partial charge in [0.1, 0.15) is 23.2 Å². The van der Waals surface area contributed by atoms with E-state index in [0.717, 1.165) is 34.6 Å². The number of carbonyl (C=O) groups is 3. The predicted molar refractivity (Wildman–Crippen MR) is 84.0 cm³/mol. The number of rotatable bonds is 3. The molecule has 3 rings (SSSR count). The Morgan fingerprint density at radius 1 is 1.43 bits per heavy atom. The van der Waals surface area contributed by atoms with E-state index < -0.39 is 23.4 Å². The molecule has 0 bridgehead atoms. The summed E-state index contributed by atoms with van der Waals surface area (Å²) in [5, 5.41) is 15.0. The predicted octanol–water partition coefficient (Wildman–Crippen LogP) is 1.38. The van der Waals surface area contributed by atoms with E-state index in [1.165, 1.54) is 11.3 Å². The molecule has 1 aromatic rings. The van der Waals surface area contributed by atoms with Crippen LogP contribution in [0.5, 0.6) is 0 Å². The smallest absolute Gasteiger partial charge is 0.324 e. The quantitative estimate of drug-likeness (QED) is 0.816. The Balaban J connectivity index is 1.73. The van der Waals surface area contributed by atoms with Crippen molar-refractivity contribution in [1.29, 1.82) is 5.26 Å². The van der Waals surface area contributed by atoms with Crippen LogP contribution in [0, 0.1) is 11.3 Å². The zero-order chi connectivity index (χ0) is 16.8. The van der Waals surface area contributed by atoms with E-state index in [0.29, 0.717) is 10.6 Å². The van der Waals surface area contributed by atoms with Crippen molar-refractivity contribution in [3.8, 4) is 6.07 Å². The fourth-order valence-electron chi connectivity index (χ4n) is 2.88. The average Bonchev–Trinajstić information content (AvgIpc) is 3.07. The summed E-state index contributed by atoms with van der Waals surface area (Å²) in [4.78, 5) is 38.1. The lowest BCUT2D eigenvalue weighted by Gasteiger charge is -2.15. The molecule has 1 fully saturated rings. The molecule has 0 unspecified atom stereocenters. The van der Waals surface area contributed by atoms with Gasteiger partial charge in [0.25, 0.3) is 5.91 Å². The maximum Gasteiger partial charge on any atom is 0.325 e. The second kappa shape index (κ2) is 5.35. The number of nitriles is 1. The summed E-state index contributed by atoms with van der Waals surface area (Å²) in [6.07, 6.45) is 2.80. The van der Waals surface area contributed by atoms with Crippen molar-refractivity contribution < 1.29 is 14.4 Å². The average molecular weight is 332 g/mol. The van der Waals surface area contributed by atoms with Crippen molar-refractivity contribution in [3.63, 3.8) is 0 Å². The minimum atomic E-state index is -1.00. The Kier molecular flexibility index (Phi) is 3.60. The number of nitrogens with zero attached hydrogens (tertiary/aromatic N) is 2. The zero-order valence-electron chi connectivity index (χ0n) is 12.9. The maximum absolute atomic E-state index is 12.2. The number of imide groups is 1. The number of aryl methyl sites for hydroxylation is 1. The van der Waals surface area contributed by atoms with Gasteiger partial charge in [-0.25, -0.2) is 4.79 Å². The minimum absolute atomic E-state index is 0.360. The summed E-state index contributed by atoms with van der Waals surface area (Å²) in [5.41, 5.74) is 0.525. The van der Waals surface area contributed by atoms with Crippen LogP contribution >= 0.6 is 11.3 Å². The van der Waals surface area contributed by atoms with Crippen LogP contribution in [0.15, 0.2) is 0 Å². The minimum Gasteiger partial charge on any atom is -0.324 e. The van der Waals surface area contributed by atoms with E-state index in [2.05, 4.69) is 16.7 Å². The lowest BCUT2D eigenvalue weighted by Crippen LogP contribution is -2.41. The van der Waals surface area contributed by atoms with Gasteiger partial charge in [0.05, 0.1) is 5.56 Å². The third kappa shape index (κ3) is 2.57. The summed E-state index contributed by atoms with van der Waals surface area (Å²) in [5.74, 6) is -0.922. The third-order valence-electron chi connectivity index (χ3n) is 4.03. The highest BCUT2D eigenvalue weighted by atomic mass is 32.1. The molecule has 0 aromatic carbocycles. The van der Waals surface area contributed by atoms with Gasteiger partial charge in [-0.2, -0.15) is 5.26 Å². The fraction of sp³-hybridized carbons (Fsp3) is 0.467. The molecule has 8 heteroatoms. The summed E-state index contributed by atoms with van der Waals surface area (Å²) < 4.78 is 0. The van der Waals surface area contributed by atoms with Gasteiger partial charge in [0, 0.05) is 4.88 Å². The van der Waals surface area contributed by atoms with Crippen LogP contribution in [0.3, 0.4) is 0 Å². The second-order valence-electron chi connectivity index (χ2n) is 6.17. The largest absolute Gasteiger partial charge is 0.325 e. The van der Waals surface area contributed by atoms with Crippen molar-refractivity contribution in [2.75, 3.05) is 11.9 Å². The fourth-order valence-corrected chi connectivity index (χ4v) is 4.14. The molecule has 1 aliphatic heterocycles. The first-order valence-electron chi connectivity index (χ1n) is 7.32. The molecule has 0 spiro atoms. The molecule has 2 aliphatic rings. The van der Waals surface area contributed by atoms with Crippen LogP contribution < -0.4 is 10.6 Å². The van der Waals surface area contributed by atoms with E-state index in [-0.39, 0.29) is 6.54 Å². The SMILES string of the molecule is CC1(C)NC(=O)N(CC(=O)Nc2sc3c(c2C#N)CCC3)C1=O. The Morgan fingerprint density at radius 2 is 2.17 bits per heavy atom. The van der Waals surface area contributed by atoms with Crippen molar-refractivity contribution >= 4 is 34.2 Å². The van der Waals surface area contributed by atoms with E-state index in [1.807, 2.05) is 0 Å². The van der Waals surface area contributed by atoms with Crippen LogP contribution in [0.2, 0.25) is 0 Å². The van der Waals surface area contributed by atoms with Gasteiger partial charge in [-0.05, 0) is 38.7 Å². The molecule has 23 heavy (non-hydrogen) atoms. The molecule has 120 valence electrons. The normalized spacial score (nSPS) is 18.6. The van der Waals surface area contributed by atoms with Crippen LogP contribution in [0.4, 0.5) is 9.80 Å². The van der Waals surface area contributed by atoms with E-state index in [4.69, 9.17) is 0 Å². The Morgan fingerprint density at radius 3 is 2.78 bits per heavy atom. The van der Waals surface area contributed by atoms with Gasteiger partial charge in [-0.15, -0.1) is 11.3 Å². The molecular weight excluding hydrogens is 316 g/mol. The Labute approximate surface area is 137 Å². The molecule has 0 atom stereocenters. The van der Waals surface area contributed by atoms with Gasteiger partial charge < -0.3 is 10.6 Å². The van der Waals surface area contributed by atoms with Gasteiger partial charge >= 0.3 is 6.03 Å². The van der Waals surface area contributed by atoms with Gasteiger partial charge in [-0.1, -0.05) is 0 Å². The monoisotopic (exact) mass is 332 g/mol. The Bertz CT molecular complexity index is 760. The second-order valence-corrected chi connectivity index (χ2v) is 7.27. The van der Waals surface area contributed by atoms with Gasteiger partial charge in [0.2, 0.25) is 5.91 Å². The molecule has 1 aromatic heterocycles. The Hall–Kier alpha value is -2.40. The summed E-state index contributed by atoms with van der Waals surface area (Å²) in [6.45, 7) is 2.81. The summed E-state index contributed by atoms with van der Waals surface area (Å²) in [7, 11) is 0. The third-order valence-corrected chi connectivity index (χ3v) is 5.24. The number of anilines is 1. The van der Waals surface area contributed by atoms with E-state index in [1.54, 1.807) is 13.8 Å². The topological polar surface area (TPSA) is 102 Å². The number of urea groups is 1. The van der Waals surface area contributed by atoms with Gasteiger partial charge in [0.15, 0.2) is 0 Å². The van der Waals surface area contributed by atoms with Crippen LogP contribution in [-0.4, -0.2) is 34.8 Å². The molecule has 2 N–H and O–H groups in total. The number of hydrogen-bond acceptors (Lipinski definition) is 5. The first-order chi connectivity index (χ1) is 10.8. The van der Waals surface area contributed by atoms with Crippen molar-refractivity contribution in [2.24, 2.45) is 0 Å². The number of thiophene rings is 1. The molecule has 4 amide bonds. The molecule has 0 saturated carbocycles. The highest BCUT2D eigenvalue weighted by Crippen LogP contribution is 2.38. The first kappa shape index (κ1) is 15.5. The highest BCUT2D eigenvalue weighted by Gasteiger charge is 2.44. The van der Waals surface area contributed by atoms with E-state index in [9.17, 15) is 19.6 Å². The van der Waals surface area contributed by atoms with E-state index >= 15 is 0 Å². The molecule has 1 saturated heterocycles. The van der Waals surface area contributed by atoms with Crippen molar-refractivity contribution in [2.45, 2.75) is 38.6 Å². The number of nitrogens with one attached hydrogen (secondary N) is 2. The number of hydrogen-bond donors (Lipinski definition) is 2. The highest BCUT2D eigenvalue weighted by molar-refractivity contribution is 7.16. The lowest BCUT2D eigenvalue weighted by molar-refractivity contribution is -0.132. The number of amides is 4.